The summed E-state index contributed by atoms with van der Waals surface area (Å²) in [6.45, 7) is 0.377. The van der Waals surface area contributed by atoms with Crippen LogP contribution in [0.4, 0.5) is 10.5 Å². The molecule has 0 aliphatic rings. The zero-order valence-electron chi connectivity index (χ0n) is 11.0. The van der Waals surface area contributed by atoms with Crippen LogP contribution in [0, 0.1) is 0 Å². The minimum atomic E-state index is -0.282. The van der Waals surface area contributed by atoms with Crippen LogP contribution >= 0.6 is 11.6 Å². The van der Waals surface area contributed by atoms with Crippen LogP contribution < -0.4 is 15.4 Å². The van der Waals surface area contributed by atoms with Gasteiger partial charge in [-0.1, -0.05) is 29.8 Å². The number of rotatable bonds is 4. The molecular formula is C15H15ClN2O2. The third-order valence-electron chi connectivity index (χ3n) is 2.75. The van der Waals surface area contributed by atoms with Gasteiger partial charge in [0.2, 0.25) is 0 Å². The average Bonchev–Trinajstić information content (AvgIpc) is 2.47. The van der Waals surface area contributed by atoms with Crippen LogP contribution in [0.25, 0.3) is 0 Å². The van der Waals surface area contributed by atoms with Gasteiger partial charge in [0, 0.05) is 17.3 Å². The Morgan fingerprint density at radius 1 is 1.15 bits per heavy atom. The molecule has 4 nitrogen and oxygen atoms in total. The summed E-state index contributed by atoms with van der Waals surface area (Å²) in [5.74, 6) is 0.743. The molecule has 0 aromatic heterocycles. The second-order valence-electron chi connectivity index (χ2n) is 4.13. The van der Waals surface area contributed by atoms with E-state index in [1.165, 1.54) is 0 Å². The van der Waals surface area contributed by atoms with E-state index in [2.05, 4.69) is 10.6 Å². The molecule has 5 heteroatoms. The molecule has 0 aliphatic carbocycles. The van der Waals surface area contributed by atoms with Gasteiger partial charge in [0.15, 0.2) is 0 Å². The highest BCUT2D eigenvalue weighted by Gasteiger charge is 2.04. The number of halogens is 1. The number of benzene rings is 2. The Morgan fingerprint density at radius 3 is 2.50 bits per heavy atom. The monoisotopic (exact) mass is 290 g/mol. The molecular weight excluding hydrogens is 276 g/mol. The molecule has 0 unspecified atom stereocenters. The lowest BCUT2D eigenvalue weighted by Gasteiger charge is -2.09. The van der Waals surface area contributed by atoms with Gasteiger partial charge in [-0.05, 0) is 35.9 Å². The molecule has 0 atom stereocenters. The zero-order valence-corrected chi connectivity index (χ0v) is 11.8. The van der Waals surface area contributed by atoms with Crippen LogP contribution in [-0.4, -0.2) is 13.1 Å². The molecule has 20 heavy (non-hydrogen) atoms. The molecule has 0 saturated carbocycles. The second-order valence-corrected chi connectivity index (χ2v) is 4.53. The Kier molecular flexibility index (Phi) is 4.85. The van der Waals surface area contributed by atoms with Crippen molar-refractivity contribution >= 4 is 23.3 Å². The predicted octanol–water partition coefficient (Wildman–Crippen LogP) is 3.67. The Bertz CT molecular complexity index is 585. The summed E-state index contributed by atoms with van der Waals surface area (Å²) in [5, 5.41) is 6.12. The number of hydrogen-bond acceptors (Lipinski definition) is 2. The van der Waals surface area contributed by atoms with Crippen molar-refractivity contribution in [3.05, 3.63) is 59.1 Å². The lowest BCUT2D eigenvalue weighted by Crippen LogP contribution is -2.28. The van der Waals surface area contributed by atoms with Crippen molar-refractivity contribution in [3.63, 3.8) is 0 Å². The lowest BCUT2D eigenvalue weighted by atomic mass is 10.2. The number of amides is 2. The van der Waals surface area contributed by atoms with Gasteiger partial charge < -0.3 is 15.4 Å². The van der Waals surface area contributed by atoms with Crippen LogP contribution in [0.15, 0.2) is 48.5 Å². The SMILES string of the molecule is COc1ccc(NC(=O)NCc2ccccc2Cl)cc1. The first kappa shape index (κ1) is 14.2. The number of carbonyl (C=O) groups is 1. The number of anilines is 1. The van der Waals surface area contributed by atoms with Crippen LogP contribution in [0.2, 0.25) is 5.02 Å². The van der Waals surface area contributed by atoms with E-state index in [0.717, 1.165) is 11.3 Å². The maximum absolute atomic E-state index is 11.8. The normalized spacial score (nSPS) is 9.90. The van der Waals surface area contributed by atoms with Crippen LogP contribution in [0.3, 0.4) is 0 Å². The average molecular weight is 291 g/mol. The van der Waals surface area contributed by atoms with Gasteiger partial charge in [0.05, 0.1) is 7.11 Å². The summed E-state index contributed by atoms with van der Waals surface area (Å²) in [6, 6.07) is 14.2. The Labute approximate surface area is 122 Å². The summed E-state index contributed by atoms with van der Waals surface area (Å²) >= 11 is 6.02. The Balaban J connectivity index is 1.87. The topological polar surface area (TPSA) is 50.4 Å². The summed E-state index contributed by atoms with van der Waals surface area (Å²) in [6.07, 6.45) is 0. The van der Waals surface area contributed by atoms with Gasteiger partial charge in [-0.25, -0.2) is 4.79 Å². The molecule has 104 valence electrons. The standard InChI is InChI=1S/C15H15ClN2O2/c1-20-13-8-6-12(7-9-13)18-15(19)17-10-11-4-2-3-5-14(11)16/h2-9H,10H2,1H3,(H2,17,18,19). The molecule has 2 aromatic carbocycles. The molecule has 2 amide bonds. The number of ether oxygens (including phenoxy) is 1. The fourth-order valence-electron chi connectivity index (χ4n) is 1.67. The number of urea groups is 1. The van der Waals surface area contributed by atoms with Crippen molar-refractivity contribution in [3.8, 4) is 5.75 Å². The van der Waals surface area contributed by atoms with Crippen molar-refractivity contribution < 1.29 is 9.53 Å². The Hall–Kier alpha value is -2.20. The molecule has 0 bridgehead atoms. The zero-order chi connectivity index (χ0) is 14.4. The maximum Gasteiger partial charge on any atom is 0.319 e. The fourth-order valence-corrected chi connectivity index (χ4v) is 1.87. The molecule has 2 aromatic rings. The van der Waals surface area contributed by atoms with Crippen molar-refractivity contribution in [2.75, 3.05) is 12.4 Å². The van der Waals surface area contributed by atoms with E-state index < -0.39 is 0 Å². The first-order valence-corrected chi connectivity index (χ1v) is 6.49. The van der Waals surface area contributed by atoms with E-state index in [0.29, 0.717) is 17.3 Å². The quantitative estimate of drug-likeness (QED) is 0.902. The number of nitrogens with one attached hydrogen (secondary N) is 2. The summed E-state index contributed by atoms with van der Waals surface area (Å²) in [5.41, 5.74) is 1.57. The highest BCUT2D eigenvalue weighted by Crippen LogP contribution is 2.16. The highest BCUT2D eigenvalue weighted by molar-refractivity contribution is 6.31. The van der Waals surface area contributed by atoms with Crippen molar-refractivity contribution in [2.24, 2.45) is 0 Å². The van der Waals surface area contributed by atoms with Gasteiger partial charge in [-0.3, -0.25) is 0 Å². The molecule has 2 rings (SSSR count). The third-order valence-corrected chi connectivity index (χ3v) is 3.11. The van der Waals surface area contributed by atoms with Gasteiger partial charge in [0.1, 0.15) is 5.75 Å². The van der Waals surface area contributed by atoms with E-state index in [-0.39, 0.29) is 6.03 Å². The first-order chi connectivity index (χ1) is 9.69. The second kappa shape index (κ2) is 6.82. The van der Waals surface area contributed by atoms with Gasteiger partial charge >= 0.3 is 6.03 Å². The van der Waals surface area contributed by atoms with Gasteiger partial charge in [-0.15, -0.1) is 0 Å². The van der Waals surface area contributed by atoms with E-state index >= 15 is 0 Å². The van der Waals surface area contributed by atoms with Crippen molar-refractivity contribution in [2.45, 2.75) is 6.54 Å². The number of carbonyl (C=O) groups excluding carboxylic acids is 1. The van der Waals surface area contributed by atoms with Crippen LogP contribution in [0.5, 0.6) is 5.75 Å². The molecule has 0 saturated heterocycles. The smallest absolute Gasteiger partial charge is 0.319 e. The molecule has 0 heterocycles. The highest BCUT2D eigenvalue weighted by atomic mass is 35.5. The van der Waals surface area contributed by atoms with Crippen molar-refractivity contribution in [1.29, 1.82) is 0 Å². The number of methoxy groups -OCH3 is 1. The van der Waals surface area contributed by atoms with Crippen molar-refractivity contribution in [1.82, 2.24) is 5.32 Å². The minimum absolute atomic E-state index is 0.282. The predicted molar refractivity (Wildman–Crippen MR) is 80.3 cm³/mol. The summed E-state index contributed by atoms with van der Waals surface area (Å²) in [4.78, 5) is 11.8. The van der Waals surface area contributed by atoms with Crippen LogP contribution in [0.1, 0.15) is 5.56 Å². The molecule has 0 radical (unpaired) electrons. The molecule has 0 spiro atoms. The van der Waals surface area contributed by atoms with Gasteiger partial charge in [0.25, 0.3) is 0 Å². The first-order valence-electron chi connectivity index (χ1n) is 6.11. The largest absolute Gasteiger partial charge is 0.497 e. The van der Waals surface area contributed by atoms with Crippen LogP contribution in [-0.2, 0) is 6.54 Å². The molecule has 0 aliphatic heterocycles. The van der Waals surface area contributed by atoms with E-state index in [1.54, 1.807) is 37.4 Å². The lowest BCUT2D eigenvalue weighted by molar-refractivity contribution is 0.251. The molecule has 2 N–H and O–H groups in total. The summed E-state index contributed by atoms with van der Waals surface area (Å²) in [7, 11) is 1.60. The van der Waals surface area contributed by atoms with E-state index in [1.807, 2.05) is 18.2 Å². The fraction of sp³-hybridized carbons (Fsp3) is 0.133. The van der Waals surface area contributed by atoms with E-state index in [9.17, 15) is 4.79 Å². The van der Waals surface area contributed by atoms with E-state index in [4.69, 9.17) is 16.3 Å². The van der Waals surface area contributed by atoms with Gasteiger partial charge in [-0.2, -0.15) is 0 Å². The number of hydrogen-bond donors (Lipinski definition) is 2. The summed E-state index contributed by atoms with van der Waals surface area (Å²) < 4.78 is 5.05. The third kappa shape index (κ3) is 3.90. The molecule has 0 fully saturated rings. The maximum atomic E-state index is 11.8. The minimum Gasteiger partial charge on any atom is -0.497 e. The Morgan fingerprint density at radius 2 is 1.85 bits per heavy atom.